The number of aromatic nitrogens is 2. The largest absolute Gasteiger partial charge is 0.507 e. The SMILES string of the molecule is Oc1ccc(-c2cccc(F)c2)cc1-c1nc(NC2CCNC2)c2ccccc2n1. The lowest BCUT2D eigenvalue weighted by atomic mass is 10.0. The Morgan fingerprint density at radius 3 is 2.67 bits per heavy atom. The zero-order valence-electron chi connectivity index (χ0n) is 16.3. The van der Waals surface area contributed by atoms with Gasteiger partial charge in [-0.1, -0.05) is 30.3 Å². The van der Waals surface area contributed by atoms with Gasteiger partial charge < -0.3 is 15.7 Å². The summed E-state index contributed by atoms with van der Waals surface area (Å²) >= 11 is 0. The van der Waals surface area contributed by atoms with Crippen LogP contribution in [0, 0.1) is 5.82 Å². The van der Waals surface area contributed by atoms with Crippen LogP contribution in [0.5, 0.6) is 5.75 Å². The maximum absolute atomic E-state index is 13.7. The number of phenols is 1. The second-order valence-electron chi connectivity index (χ2n) is 7.49. The summed E-state index contributed by atoms with van der Waals surface area (Å²) in [6, 6.07) is 19.7. The average Bonchev–Trinajstić information content (AvgIpc) is 3.27. The zero-order chi connectivity index (χ0) is 20.5. The maximum Gasteiger partial charge on any atom is 0.165 e. The Bertz CT molecular complexity index is 1220. The third-order valence-electron chi connectivity index (χ3n) is 5.40. The highest BCUT2D eigenvalue weighted by Crippen LogP contribution is 2.34. The van der Waals surface area contributed by atoms with Gasteiger partial charge in [-0.2, -0.15) is 0 Å². The number of rotatable bonds is 4. The minimum atomic E-state index is -0.305. The predicted molar refractivity (Wildman–Crippen MR) is 117 cm³/mol. The predicted octanol–water partition coefficient (Wildman–Crippen LogP) is 4.58. The molecule has 1 atom stereocenters. The van der Waals surface area contributed by atoms with Crippen molar-refractivity contribution in [1.29, 1.82) is 0 Å². The van der Waals surface area contributed by atoms with Gasteiger partial charge in [-0.15, -0.1) is 0 Å². The molecule has 1 aromatic heterocycles. The topological polar surface area (TPSA) is 70.1 Å². The molecule has 4 aromatic rings. The zero-order valence-corrected chi connectivity index (χ0v) is 16.3. The van der Waals surface area contributed by atoms with Crippen LogP contribution in [0.15, 0.2) is 66.7 Å². The number of aromatic hydroxyl groups is 1. The van der Waals surface area contributed by atoms with Crippen molar-refractivity contribution in [3.8, 4) is 28.3 Å². The van der Waals surface area contributed by atoms with Gasteiger partial charge >= 0.3 is 0 Å². The molecule has 30 heavy (non-hydrogen) atoms. The Kier molecular flexibility index (Phi) is 4.77. The number of para-hydroxylation sites is 1. The molecule has 1 aliphatic heterocycles. The van der Waals surface area contributed by atoms with E-state index in [0.717, 1.165) is 47.4 Å². The van der Waals surface area contributed by atoms with Gasteiger partial charge in [0.05, 0.1) is 11.1 Å². The number of fused-ring (bicyclic) bond motifs is 1. The maximum atomic E-state index is 13.7. The molecular weight excluding hydrogens is 379 g/mol. The molecule has 1 saturated heterocycles. The molecule has 0 aliphatic carbocycles. The standard InChI is InChI=1S/C24H21FN4O/c25-17-5-3-4-15(12-17)16-8-9-22(30)20(13-16)24-28-21-7-2-1-6-19(21)23(29-24)27-18-10-11-26-14-18/h1-9,12-13,18,26,30H,10-11,14H2,(H,27,28,29). The van der Waals surface area contributed by atoms with Crippen LogP contribution < -0.4 is 10.6 Å². The van der Waals surface area contributed by atoms with Crippen molar-refractivity contribution in [1.82, 2.24) is 15.3 Å². The molecule has 0 bridgehead atoms. The van der Waals surface area contributed by atoms with Gasteiger partial charge in [-0.3, -0.25) is 0 Å². The summed E-state index contributed by atoms with van der Waals surface area (Å²) < 4.78 is 13.7. The first kappa shape index (κ1) is 18.5. The first-order valence-electron chi connectivity index (χ1n) is 10.0. The van der Waals surface area contributed by atoms with E-state index in [2.05, 4.69) is 10.6 Å². The number of halogens is 1. The van der Waals surface area contributed by atoms with E-state index in [9.17, 15) is 9.50 Å². The quantitative estimate of drug-likeness (QED) is 0.468. The van der Waals surface area contributed by atoms with Crippen LogP contribution in [0.2, 0.25) is 0 Å². The number of benzene rings is 3. The smallest absolute Gasteiger partial charge is 0.165 e. The number of nitrogens with one attached hydrogen (secondary N) is 2. The molecule has 0 amide bonds. The molecule has 0 spiro atoms. The molecule has 5 nitrogen and oxygen atoms in total. The normalized spacial score (nSPS) is 16.1. The van der Waals surface area contributed by atoms with Crippen molar-refractivity contribution < 1.29 is 9.50 Å². The summed E-state index contributed by atoms with van der Waals surface area (Å²) in [4.78, 5) is 9.46. The molecule has 150 valence electrons. The summed E-state index contributed by atoms with van der Waals surface area (Å²) in [5.41, 5.74) is 2.82. The summed E-state index contributed by atoms with van der Waals surface area (Å²) in [5, 5.41) is 18.4. The molecule has 1 aliphatic rings. The average molecular weight is 400 g/mol. The Labute approximate surface area is 173 Å². The van der Waals surface area contributed by atoms with Crippen molar-refractivity contribution in [2.45, 2.75) is 12.5 Å². The van der Waals surface area contributed by atoms with Crippen LogP contribution in [0.4, 0.5) is 10.2 Å². The Morgan fingerprint density at radius 1 is 0.967 bits per heavy atom. The monoisotopic (exact) mass is 400 g/mol. The van der Waals surface area contributed by atoms with Gasteiger partial charge in [-0.25, -0.2) is 14.4 Å². The van der Waals surface area contributed by atoms with Crippen LogP contribution in [-0.4, -0.2) is 34.2 Å². The minimum Gasteiger partial charge on any atom is -0.507 e. The summed E-state index contributed by atoms with van der Waals surface area (Å²) in [5.74, 6) is 0.956. The Hall–Kier alpha value is -3.51. The van der Waals surface area contributed by atoms with E-state index >= 15 is 0 Å². The van der Waals surface area contributed by atoms with Crippen molar-refractivity contribution in [3.05, 3.63) is 72.5 Å². The van der Waals surface area contributed by atoms with Crippen molar-refractivity contribution in [3.63, 3.8) is 0 Å². The van der Waals surface area contributed by atoms with Crippen LogP contribution in [0.1, 0.15) is 6.42 Å². The molecule has 3 N–H and O–H groups in total. The lowest BCUT2D eigenvalue weighted by Crippen LogP contribution is -2.23. The fraction of sp³-hybridized carbons (Fsp3) is 0.167. The molecule has 3 aromatic carbocycles. The molecule has 2 heterocycles. The second-order valence-corrected chi connectivity index (χ2v) is 7.49. The van der Waals surface area contributed by atoms with Gasteiger partial charge in [0.25, 0.3) is 0 Å². The molecule has 6 heteroatoms. The fourth-order valence-corrected chi connectivity index (χ4v) is 3.84. The molecule has 5 rings (SSSR count). The second kappa shape index (κ2) is 7.72. The van der Waals surface area contributed by atoms with Crippen LogP contribution >= 0.6 is 0 Å². The number of nitrogens with zero attached hydrogens (tertiary/aromatic N) is 2. The van der Waals surface area contributed by atoms with E-state index in [1.807, 2.05) is 30.3 Å². The highest BCUT2D eigenvalue weighted by Gasteiger charge is 2.18. The lowest BCUT2D eigenvalue weighted by molar-refractivity contribution is 0.477. The van der Waals surface area contributed by atoms with Gasteiger partial charge in [0, 0.05) is 18.0 Å². The molecule has 0 saturated carbocycles. The lowest BCUT2D eigenvalue weighted by Gasteiger charge is -2.16. The number of hydrogen-bond donors (Lipinski definition) is 3. The molecule has 1 fully saturated rings. The third-order valence-corrected chi connectivity index (χ3v) is 5.40. The van der Waals surface area contributed by atoms with Crippen LogP contribution in [0.25, 0.3) is 33.4 Å². The van der Waals surface area contributed by atoms with Crippen LogP contribution in [0.3, 0.4) is 0 Å². The van der Waals surface area contributed by atoms with Gasteiger partial charge in [0.2, 0.25) is 0 Å². The first-order valence-corrected chi connectivity index (χ1v) is 10.0. The van der Waals surface area contributed by atoms with Gasteiger partial charge in [-0.05, 0) is 60.5 Å². The minimum absolute atomic E-state index is 0.0823. The van der Waals surface area contributed by atoms with E-state index in [0.29, 0.717) is 17.4 Å². The first-order chi connectivity index (χ1) is 14.7. The molecule has 1 unspecified atom stereocenters. The third kappa shape index (κ3) is 3.57. The summed E-state index contributed by atoms with van der Waals surface area (Å²) in [6.07, 6.45) is 1.02. The summed E-state index contributed by atoms with van der Waals surface area (Å²) in [6.45, 7) is 1.86. The van der Waals surface area contributed by atoms with E-state index in [1.165, 1.54) is 12.1 Å². The highest BCUT2D eigenvalue weighted by molar-refractivity contribution is 5.91. The summed E-state index contributed by atoms with van der Waals surface area (Å²) in [7, 11) is 0. The van der Waals surface area contributed by atoms with Crippen LogP contribution in [-0.2, 0) is 0 Å². The number of phenolic OH excluding ortho intramolecular Hbond substituents is 1. The van der Waals surface area contributed by atoms with Gasteiger partial charge in [0.1, 0.15) is 17.4 Å². The van der Waals surface area contributed by atoms with Gasteiger partial charge in [0.15, 0.2) is 5.82 Å². The number of anilines is 1. The van der Waals surface area contributed by atoms with E-state index in [1.54, 1.807) is 24.3 Å². The fourth-order valence-electron chi connectivity index (χ4n) is 3.84. The Morgan fingerprint density at radius 2 is 1.83 bits per heavy atom. The van der Waals surface area contributed by atoms with Crippen molar-refractivity contribution >= 4 is 16.7 Å². The number of hydrogen-bond acceptors (Lipinski definition) is 5. The van der Waals surface area contributed by atoms with E-state index < -0.39 is 0 Å². The molecular formula is C24H21FN4O. The van der Waals surface area contributed by atoms with E-state index in [4.69, 9.17) is 9.97 Å². The highest BCUT2D eigenvalue weighted by atomic mass is 19.1. The Balaban J connectivity index is 1.63. The molecule has 0 radical (unpaired) electrons. The van der Waals surface area contributed by atoms with Crippen molar-refractivity contribution in [2.75, 3.05) is 18.4 Å². The van der Waals surface area contributed by atoms with E-state index in [-0.39, 0.29) is 11.6 Å². The van der Waals surface area contributed by atoms with Crippen molar-refractivity contribution in [2.24, 2.45) is 0 Å².